The van der Waals surface area contributed by atoms with E-state index in [0.29, 0.717) is 42.8 Å². The van der Waals surface area contributed by atoms with E-state index < -0.39 is 133 Å². The number of aromatic nitrogens is 3. The Balaban J connectivity index is 1.44. The number of amides is 1. The molecule has 20 nitrogen and oxygen atoms in total. The lowest BCUT2D eigenvalue weighted by Gasteiger charge is -2.49. The van der Waals surface area contributed by atoms with E-state index >= 15 is 0 Å². The number of carbonyl (C=O) groups excluding carboxylic acids is 2. The SMILES string of the molecule is CC[C@H]1OC(=O)[C@H](C)[C@@H](O[C@H]2C[C@@](C)(OC)[C@@H](O)[C@H](C)O2)[C@H](C)[C@@H](O[C@@H]2O[C@H](C)C[C@H](N(C)CCc3cn([C@H](CF)[C@H](OC)c4ccc(C(N)=O)cc4)nn3)[C@H]2O)[C@](C)(O)C[C@@H](C)CN(C)[C@H](C)[C@@H](O)[C@]1(C)O. The van der Waals surface area contributed by atoms with Gasteiger partial charge < -0.3 is 74.2 Å². The molecule has 3 fully saturated rings. The second kappa shape index (κ2) is 25.2. The highest BCUT2D eigenvalue weighted by atomic mass is 19.1. The zero-order chi connectivity index (χ0) is 54.5. The van der Waals surface area contributed by atoms with Gasteiger partial charge in [0.25, 0.3) is 0 Å². The fourth-order valence-electron chi connectivity index (χ4n) is 11.4. The topological polar surface area (TPSA) is 263 Å². The Labute approximate surface area is 430 Å². The van der Waals surface area contributed by atoms with Crippen molar-refractivity contribution in [3.8, 4) is 0 Å². The third-order valence-electron chi connectivity index (χ3n) is 16.0. The second-order valence-corrected chi connectivity index (χ2v) is 22.0. The quantitative estimate of drug-likeness (QED) is 0.132. The van der Waals surface area contributed by atoms with Gasteiger partial charge in [-0.05, 0) is 105 Å². The first-order valence-corrected chi connectivity index (χ1v) is 25.8. The minimum Gasteiger partial charge on any atom is -0.459 e. The molecule has 20 atom stereocenters. The van der Waals surface area contributed by atoms with Crippen LogP contribution in [0.1, 0.15) is 129 Å². The fraction of sp³-hybridized carbons (Fsp3) is 0.808. The monoisotopic (exact) mass is 1040 g/mol. The number of aliphatic hydroxyl groups is 5. The maximum absolute atomic E-state index is 14.7. The molecule has 1 amide bonds. The van der Waals surface area contributed by atoms with E-state index in [9.17, 15) is 39.5 Å². The maximum atomic E-state index is 14.7. The molecule has 1 aromatic carbocycles. The number of alkyl halides is 1. The maximum Gasteiger partial charge on any atom is 0.311 e. The zero-order valence-electron chi connectivity index (χ0n) is 45.5. The van der Waals surface area contributed by atoms with Crippen molar-refractivity contribution in [1.29, 1.82) is 0 Å². The van der Waals surface area contributed by atoms with Gasteiger partial charge >= 0.3 is 5.97 Å². The van der Waals surface area contributed by atoms with Gasteiger partial charge in [-0.2, -0.15) is 0 Å². The van der Waals surface area contributed by atoms with Crippen molar-refractivity contribution in [3.05, 3.63) is 47.3 Å². The molecule has 3 aliphatic rings. The Morgan fingerprint density at radius 1 is 1.00 bits per heavy atom. The number of cyclic esters (lactones) is 1. The summed E-state index contributed by atoms with van der Waals surface area (Å²) in [5.74, 6) is -3.50. The summed E-state index contributed by atoms with van der Waals surface area (Å²) in [5.41, 5.74) is 2.30. The number of rotatable bonds is 16. The largest absolute Gasteiger partial charge is 0.459 e. The van der Waals surface area contributed by atoms with E-state index in [1.165, 1.54) is 25.8 Å². The lowest BCUT2D eigenvalue weighted by atomic mass is 9.77. The molecular formula is C52H87FN6O14. The Morgan fingerprint density at radius 3 is 2.25 bits per heavy atom. The first-order valence-electron chi connectivity index (χ1n) is 25.8. The van der Waals surface area contributed by atoms with E-state index in [2.05, 4.69) is 10.3 Å². The molecule has 3 saturated heterocycles. The van der Waals surface area contributed by atoms with Crippen molar-refractivity contribution in [3.63, 3.8) is 0 Å². The number of benzene rings is 1. The number of nitrogens with two attached hydrogens (primary N) is 1. The first kappa shape index (κ1) is 60.6. The van der Waals surface area contributed by atoms with Crippen LogP contribution in [0.2, 0.25) is 0 Å². The number of primary amides is 1. The number of likely N-dealkylation sites (N-methyl/N-ethyl adjacent to an activating group) is 2. The summed E-state index contributed by atoms with van der Waals surface area (Å²) in [5, 5.41) is 68.3. The van der Waals surface area contributed by atoms with Gasteiger partial charge in [0.05, 0.1) is 47.2 Å². The molecule has 4 heterocycles. The van der Waals surface area contributed by atoms with E-state index in [-0.39, 0.29) is 25.2 Å². The number of hydrogen-bond acceptors (Lipinski definition) is 18. The minimum atomic E-state index is -1.86. The Morgan fingerprint density at radius 2 is 1.66 bits per heavy atom. The van der Waals surface area contributed by atoms with Crippen molar-refractivity contribution >= 4 is 11.9 Å². The minimum absolute atomic E-state index is 0.0755. The van der Waals surface area contributed by atoms with Crippen molar-refractivity contribution in [1.82, 2.24) is 24.8 Å². The summed E-state index contributed by atoms with van der Waals surface area (Å²) in [6.07, 6.45) is -8.33. The van der Waals surface area contributed by atoms with E-state index in [1.54, 1.807) is 78.9 Å². The number of esters is 1. The number of aliphatic hydroxyl groups excluding tert-OH is 3. The summed E-state index contributed by atoms with van der Waals surface area (Å²) in [7, 11) is 6.63. The molecule has 3 aliphatic heterocycles. The number of nitrogens with zero attached hydrogens (tertiary/aromatic N) is 5. The third-order valence-corrected chi connectivity index (χ3v) is 16.0. The van der Waals surface area contributed by atoms with Gasteiger partial charge in [-0.25, -0.2) is 9.07 Å². The summed E-state index contributed by atoms with van der Waals surface area (Å²) < 4.78 is 60.1. The highest BCUT2D eigenvalue weighted by Gasteiger charge is 2.53. The second-order valence-electron chi connectivity index (χ2n) is 22.0. The van der Waals surface area contributed by atoms with Crippen LogP contribution in [0.25, 0.3) is 0 Å². The lowest BCUT2D eigenvalue weighted by Crippen LogP contribution is -2.61. The zero-order valence-corrected chi connectivity index (χ0v) is 45.5. The Kier molecular flexibility index (Phi) is 20.9. The highest BCUT2D eigenvalue weighted by molar-refractivity contribution is 5.92. The predicted molar refractivity (Wildman–Crippen MR) is 267 cm³/mol. The van der Waals surface area contributed by atoms with Gasteiger partial charge in [-0.3, -0.25) is 9.59 Å². The van der Waals surface area contributed by atoms with Gasteiger partial charge in [0.15, 0.2) is 12.6 Å². The number of ether oxygens (including phenoxy) is 7. The van der Waals surface area contributed by atoms with Crippen LogP contribution in [0.5, 0.6) is 0 Å². The van der Waals surface area contributed by atoms with Crippen LogP contribution in [-0.2, 0) is 44.4 Å². The summed E-state index contributed by atoms with van der Waals surface area (Å²) >= 11 is 0. The third kappa shape index (κ3) is 14.0. The molecule has 0 radical (unpaired) electrons. The average molecular weight is 1040 g/mol. The highest BCUT2D eigenvalue weighted by Crippen LogP contribution is 2.40. The Bertz CT molecular complexity index is 2070. The Hall–Kier alpha value is -3.29. The first-order chi connectivity index (χ1) is 34.1. The predicted octanol–water partition coefficient (Wildman–Crippen LogP) is 3.10. The van der Waals surface area contributed by atoms with Gasteiger partial charge in [0.1, 0.15) is 48.8 Å². The molecule has 2 aromatic rings. The number of methoxy groups -OCH3 is 2. The molecule has 0 unspecified atom stereocenters. The van der Waals surface area contributed by atoms with Crippen LogP contribution >= 0.6 is 0 Å². The van der Waals surface area contributed by atoms with Crippen LogP contribution in [-0.4, -0.2) is 201 Å². The normalized spacial score (nSPS) is 39.6. The van der Waals surface area contributed by atoms with E-state index in [4.69, 9.17) is 38.9 Å². The van der Waals surface area contributed by atoms with E-state index in [1.807, 2.05) is 37.7 Å². The molecule has 0 spiro atoms. The summed E-state index contributed by atoms with van der Waals surface area (Å²) in [4.78, 5) is 30.0. The van der Waals surface area contributed by atoms with Gasteiger partial charge in [0.2, 0.25) is 5.91 Å². The van der Waals surface area contributed by atoms with Crippen molar-refractivity contribution in [2.75, 3.05) is 48.1 Å². The smallest absolute Gasteiger partial charge is 0.311 e. The van der Waals surface area contributed by atoms with Crippen LogP contribution in [0.4, 0.5) is 4.39 Å². The van der Waals surface area contributed by atoms with Gasteiger partial charge in [0, 0.05) is 69.9 Å². The standard InChI is InChI=1S/C52H87FN6O14/c1-15-39-52(10,66)44(61)32(6)58(12)26-28(2)23-50(8,65)46(30(4)42(31(5)48(64)71-39)72-40-24-51(9,68-14)45(62)33(7)70-40)73-49-41(60)37(22-29(3)69-49)57(11)21-20-36-27-59(56-55-36)38(25-53)43(67-13)34-16-18-35(19-17-34)47(54)63/h16-19,27-33,37-46,49,60-62,65-66H,15,20-26H2,1-14H3,(H2,54,63)/t28-,29-,30+,31-,32-,33+,37+,38-,39-,40+,41-,42+,43-,44-,45+,46-,49+,50-,51-,52-/m1/s1. The summed E-state index contributed by atoms with van der Waals surface area (Å²) in [6.45, 7) is 17.3. The molecule has 73 heavy (non-hydrogen) atoms. The van der Waals surface area contributed by atoms with Gasteiger partial charge in [-0.1, -0.05) is 38.1 Å². The number of carbonyl (C=O) groups is 2. The molecule has 0 aliphatic carbocycles. The van der Waals surface area contributed by atoms with Crippen LogP contribution in [0.3, 0.4) is 0 Å². The van der Waals surface area contributed by atoms with Crippen molar-refractivity contribution in [2.24, 2.45) is 23.5 Å². The number of halogens is 1. The average Bonchev–Trinajstić information content (AvgIpc) is 3.81. The van der Waals surface area contributed by atoms with Crippen LogP contribution < -0.4 is 5.73 Å². The van der Waals surface area contributed by atoms with Gasteiger partial charge in [-0.15, -0.1) is 5.10 Å². The fourth-order valence-corrected chi connectivity index (χ4v) is 11.4. The number of hydrogen-bond donors (Lipinski definition) is 6. The van der Waals surface area contributed by atoms with Crippen LogP contribution in [0, 0.1) is 17.8 Å². The van der Waals surface area contributed by atoms with E-state index in [0.717, 1.165) is 0 Å². The lowest BCUT2D eigenvalue weighted by molar-refractivity contribution is -0.318. The molecule has 416 valence electrons. The molecule has 7 N–H and O–H groups in total. The van der Waals surface area contributed by atoms with Crippen molar-refractivity contribution < 1.29 is 72.7 Å². The van der Waals surface area contributed by atoms with Crippen molar-refractivity contribution in [2.45, 2.75) is 204 Å². The molecule has 1 aromatic heterocycles. The van der Waals surface area contributed by atoms with Crippen LogP contribution in [0.15, 0.2) is 30.5 Å². The molecule has 0 saturated carbocycles. The molecular weight excluding hydrogens is 952 g/mol. The molecule has 5 rings (SSSR count). The summed E-state index contributed by atoms with van der Waals surface area (Å²) in [6, 6.07) is 4.46. The molecule has 0 bridgehead atoms. The molecule has 21 heteroatoms.